The summed E-state index contributed by atoms with van der Waals surface area (Å²) in [6.45, 7) is 6.17. The second-order valence-corrected chi connectivity index (χ2v) is 12.6. The SMILES string of the molecule is CC(C)(C)Oc1cc(C(=O)CC(N)=O)ccc1C1=N[C@@H](c2ccsc2)C(c2ccc(Cl)cc2)N1C(=O)N1CCNC(=O)C1. The van der Waals surface area contributed by atoms with Crippen LogP contribution in [0.3, 0.4) is 0 Å². The molecule has 5 rings (SSSR count). The van der Waals surface area contributed by atoms with E-state index in [2.05, 4.69) is 5.32 Å². The molecule has 1 unspecified atom stereocenters. The molecule has 3 heterocycles. The number of carbonyl (C=O) groups excluding carboxylic acids is 4. The minimum Gasteiger partial charge on any atom is -0.487 e. The number of amidine groups is 1. The summed E-state index contributed by atoms with van der Waals surface area (Å²) in [6, 6.07) is 12.6. The van der Waals surface area contributed by atoms with Crippen molar-refractivity contribution in [1.82, 2.24) is 15.1 Å². The van der Waals surface area contributed by atoms with Crippen LogP contribution in [0.1, 0.15) is 66.3 Å². The number of hydrogen-bond acceptors (Lipinski definition) is 7. The van der Waals surface area contributed by atoms with Crippen molar-refractivity contribution < 1.29 is 23.9 Å². The first kappa shape index (κ1) is 30.2. The number of benzene rings is 2. The second kappa shape index (κ2) is 12.2. The van der Waals surface area contributed by atoms with E-state index in [1.807, 2.05) is 49.7 Å². The number of nitrogens with zero attached hydrogens (tertiary/aromatic N) is 3. The highest BCUT2D eigenvalue weighted by molar-refractivity contribution is 7.08. The van der Waals surface area contributed by atoms with Gasteiger partial charge in [0, 0.05) is 23.7 Å². The highest BCUT2D eigenvalue weighted by Crippen LogP contribution is 2.46. The van der Waals surface area contributed by atoms with Crippen LogP contribution in [0.2, 0.25) is 5.02 Å². The summed E-state index contributed by atoms with van der Waals surface area (Å²) in [5.41, 5.74) is 7.05. The number of Topliss-reactive ketones (excluding diaryl/α,β-unsaturated/α-hetero) is 1. The lowest BCUT2D eigenvalue weighted by molar-refractivity contribution is -0.123. The predicted molar refractivity (Wildman–Crippen MR) is 165 cm³/mol. The summed E-state index contributed by atoms with van der Waals surface area (Å²) in [6.07, 6.45) is -0.449. The number of nitrogens with one attached hydrogen (secondary N) is 1. The second-order valence-electron chi connectivity index (χ2n) is 11.4. The molecule has 3 N–H and O–H groups in total. The van der Waals surface area contributed by atoms with Gasteiger partial charge in [-0.15, -0.1) is 0 Å². The van der Waals surface area contributed by atoms with E-state index in [1.54, 1.807) is 35.2 Å². The predicted octanol–water partition coefficient (Wildman–Crippen LogP) is 4.73. The monoisotopic (exact) mass is 621 g/mol. The third-order valence-electron chi connectivity index (χ3n) is 6.97. The van der Waals surface area contributed by atoms with Gasteiger partial charge in [0.2, 0.25) is 11.8 Å². The van der Waals surface area contributed by atoms with Crippen LogP contribution >= 0.6 is 22.9 Å². The van der Waals surface area contributed by atoms with Crippen molar-refractivity contribution in [2.45, 2.75) is 44.9 Å². The number of nitrogens with two attached hydrogens (primary N) is 1. The third kappa shape index (κ3) is 6.73. The smallest absolute Gasteiger partial charge is 0.326 e. The van der Waals surface area contributed by atoms with Crippen LogP contribution in [0, 0.1) is 0 Å². The van der Waals surface area contributed by atoms with Gasteiger partial charge >= 0.3 is 6.03 Å². The molecule has 2 aliphatic rings. The number of amides is 4. The first-order valence-electron chi connectivity index (χ1n) is 13.8. The lowest BCUT2D eigenvalue weighted by atomic mass is 9.95. The Bertz CT molecular complexity index is 1580. The molecule has 0 bridgehead atoms. The van der Waals surface area contributed by atoms with E-state index in [9.17, 15) is 19.2 Å². The summed E-state index contributed by atoms with van der Waals surface area (Å²) >= 11 is 7.76. The van der Waals surface area contributed by atoms with E-state index in [4.69, 9.17) is 27.1 Å². The molecule has 1 fully saturated rings. The molecule has 0 saturated carbocycles. The van der Waals surface area contributed by atoms with E-state index in [-0.39, 0.29) is 24.0 Å². The van der Waals surface area contributed by atoms with Gasteiger partial charge in [0.25, 0.3) is 0 Å². The lowest BCUT2D eigenvalue weighted by Gasteiger charge is -2.36. The van der Waals surface area contributed by atoms with Crippen LogP contribution in [0.25, 0.3) is 0 Å². The van der Waals surface area contributed by atoms with Crippen LogP contribution in [0.5, 0.6) is 5.75 Å². The number of piperazine rings is 1. The third-order valence-corrected chi connectivity index (χ3v) is 7.93. The number of halogens is 1. The van der Waals surface area contributed by atoms with E-state index < -0.39 is 35.8 Å². The van der Waals surface area contributed by atoms with Crippen molar-refractivity contribution in [2.24, 2.45) is 10.7 Å². The Morgan fingerprint density at radius 1 is 1.12 bits per heavy atom. The van der Waals surface area contributed by atoms with Crippen molar-refractivity contribution in [1.29, 1.82) is 0 Å². The van der Waals surface area contributed by atoms with Gasteiger partial charge in [0.05, 0.1) is 18.0 Å². The minimum absolute atomic E-state index is 0.0923. The van der Waals surface area contributed by atoms with Gasteiger partial charge in [-0.3, -0.25) is 24.3 Å². The standard InChI is InChI=1S/C31H32ClN5O5S/c1-31(2,3)42-24-14-19(23(38)15-25(33)39)6-9-22(24)29-35-27(20-10-13-43-17-20)28(18-4-7-21(32)8-5-18)37(29)30(41)36-12-11-34-26(40)16-36/h4-10,13-14,17,27-28H,11-12,15-16H2,1-3H3,(H2,33,39)(H,34,40)/t27-,28?/m0/s1. The Hall–Kier alpha value is -4.22. The number of rotatable bonds is 7. The van der Waals surface area contributed by atoms with Gasteiger partial charge in [-0.2, -0.15) is 11.3 Å². The number of ether oxygens (including phenoxy) is 1. The van der Waals surface area contributed by atoms with Crippen molar-refractivity contribution in [3.8, 4) is 5.75 Å². The van der Waals surface area contributed by atoms with Crippen molar-refractivity contribution in [3.05, 3.63) is 86.6 Å². The Balaban J connectivity index is 1.69. The van der Waals surface area contributed by atoms with E-state index in [0.29, 0.717) is 35.3 Å². The van der Waals surface area contributed by atoms with Gasteiger partial charge in [0.15, 0.2) is 5.78 Å². The highest BCUT2D eigenvalue weighted by Gasteiger charge is 2.45. The highest BCUT2D eigenvalue weighted by atomic mass is 35.5. The number of aliphatic imine (C=N–C) groups is 1. The van der Waals surface area contributed by atoms with Crippen LogP contribution in [-0.2, 0) is 9.59 Å². The quantitative estimate of drug-likeness (QED) is 0.290. The Labute approximate surface area is 258 Å². The number of primary amides is 1. The fraction of sp³-hybridized carbons (Fsp3) is 0.323. The minimum atomic E-state index is -0.737. The maximum absolute atomic E-state index is 14.4. The number of urea groups is 1. The molecule has 0 spiro atoms. The van der Waals surface area contributed by atoms with Crippen molar-refractivity contribution in [2.75, 3.05) is 19.6 Å². The molecule has 4 amide bonds. The molecule has 2 aromatic carbocycles. The summed E-state index contributed by atoms with van der Waals surface area (Å²) in [7, 11) is 0. The normalized spacial score (nSPS) is 18.7. The van der Waals surface area contributed by atoms with Gasteiger partial charge in [-0.05, 0) is 73.0 Å². The van der Waals surface area contributed by atoms with Crippen LogP contribution in [-0.4, -0.2) is 64.5 Å². The molecular weight excluding hydrogens is 590 g/mol. The van der Waals surface area contributed by atoms with Crippen LogP contribution < -0.4 is 15.8 Å². The number of carbonyl (C=O) groups is 4. The van der Waals surface area contributed by atoms with E-state index in [1.165, 1.54) is 16.2 Å². The summed E-state index contributed by atoms with van der Waals surface area (Å²) < 4.78 is 6.33. The van der Waals surface area contributed by atoms with E-state index >= 15 is 0 Å². The average molecular weight is 622 g/mol. The molecule has 10 nitrogen and oxygen atoms in total. The van der Waals surface area contributed by atoms with Crippen LogP contribution in [0.15, 0.2) is 64.3 Å². The van der Waals surface area contributed by atoms with Gasteiger partial charge in [-0.1, -0.05) is 29.8 Å². The topological polar surface area (TPSA) is 134 Å². The van der Waals surface area contributed by atoms with Gasteiger partial charge in [-0.25, -0.2) is 4.79 Å². The fourth-order valence-electron chi connectivity index (χ4n) is 5.15. The largest absolute Gasteiger partial charge is 0.487 e. The first-order valence-corrected chi connectivity index (χ1v) is 15.1. The lowest BCUT2D eigenvalue weighted by Crippen LogP contribution is -2.55. The first-order chi connectivity index (χ1) is 20.4. The fourth-order valence-corrected chi connectivity index (χ4v) is 5.96. The zero-order chi connectivity index (χ0) is 30.9. The van der Waals surface area contributed by atoms with Gasteiger partial charge in [0.1, 0.15) is 29.8 Å². The zero-order valence-corrected chi connectivity index (χ0v) is 25.6. The maximum Gasteiger partial charge on any atom is 0.326 e. The summed E-state index contributed by atoms with van der Waals surface area (Å²) in [4.78, 5) is 59.2. The average Bonchev–Trinajstić information content (AvgIpc) is 3.60. The molecular formula is C31H32ClN5O5S. The molecule has 0 aliphatic carbocycles. The van der Waals surface area contributed by atoms with Crippen LogP contribution in [0.4, 0.5) is 4.79 Å². The number of thiophene rings is 1. The maximum atomic E-state index is 14.4. The number of ketones is 1. The van der Waals surface area contributed by atoms with Gasteiger partial charge < -0.3 is 20.7 Å². The molecule has 43 heavy (non-hydrogen) atoms. The molecule has 1 aromatic heterocycles. The summed E-state index contributed by atoms with van der Waals surface area (Å²) in [5.74, 6) is -0.784. The Morgan fingerprint density at radius 3 is 2.49 bits per heavy atom. The molecule has 224 valence electrons. The number of hydrogen-bond donors (Lipinski definition) is 2. The molecule has 0 radical (unpaired) electrons. The zero-order valence-electron chi connectivity index (χ0n) is 24.0. The molecule has 2 aliphatic heterocycles. The molecule has 3 aromatic rings. The Morgan fingerprint density at radius 2 is 1.86 bits per heavy atom. The van der Waals surface area contributed by atoms with Crippen molar-refractivity contribution >= 4 is 52.4 Å². The summed E-state index contributed by atoms with van der Waals surface area (Å²) in [5, 5.41) is 7.27. The molecule has 1 saturated heterocycles. The molecule has 12 heteroatoms. The van der Waals surface area contributed by atoms with Crippen molar-refractivity contribution in [3.63, 3.8) is 0 Å². The molecule has 2 atom stereocenters. The van der Waals surface area contributed by atoms with E-state index in [0.717, 1.165) is 11.1 Å². The Kier molecular flexibility index (Phi) is 8.57.